The highest BCUT2D eigenvalue weighted by atomic mass is 32.2. The van der Waals surface area contributed by atoms with Crippen LogP contribution in [0.5, 0.6) is 0 Å². The molecule has 0 atom stereocenters. The van der Waals surface area contributed by atoms with Gasteiger partial charge in [0.05, 0.1) is 23.6 Å². The number of sulfonamides is 1. The maximum absolute atomic E-state index is 11.7. The second-order valence-electron chi connectivity index (χ2n) is 6.48. The fourth-order valence-electron chi connectivity index (χ4n) is 3.49. The molecule has 2 aromatic heterocycles. The topological polar surface area (TPSA) is 68.1 Å². The summed E-state index contributed by atoms with van der Waals surface area (Å²) in [5.41, 5.74) is 4.30. The zero-order valence-electron chi connectivity index (χ0n) is 14.0. The van der Waals surface area contributed by atoms with E-state index in [-0.39, 0.29) is 6.04 Å². The number of pyridine rings is 1. The fourth-order valence-corrected chi connectivity index (χ4v) is 4.37. The van der Waals surface area contributed by atoms with E-state index in [2.05, 4.69) is 26.7 Å². The van der Waals surface area contributed by atoms with E-state index < -0.39 is 10.0 Å². The molecule has 1 fully saturated rings. The Morgan fingerprint density at radius 1 is 1.04 bits per heavy atom. The van der Waals surface area contributed by atoms with E-state index in [0.717, 1.165) is 35.0 Å². The van der Waals surface area contributed by atoms with Crippen molar-refractivity contribution in [2.24, 2.45) is 0 Å². The van der Waals surface area contributed by atoms with E-state index >= 15 is 0 Å². The van der Waals surface area contributed by atoms with Crippen LogP contribution in [0.4, 0.5) is 0 Å². The van der Waals surface area contributed by atoms with Gasteiger partial charge in [-0.25, -0.2) is 17.7 Å². The summed E-state index contributed by atoms with van der Waals surface area (Å²) in [6.45, 7) is 1.13. The van der Waals surface area contributed by atoms with Gasteiger partial charge in [0, 0.05) is 31.5 Å². The van der Waals surface area contributed by atoms with E-state index in [0.29, 0.717) is 13.1 Å². The molecule has 4 rings (SSSR count). The van der Waals surface area contributed by atoms with Crippen LogP contribution in [0.25, 0.3) is 22.2 Å². The molecule has 0 spiro atoms. The maximum Gasteiger partial charge on any atom is 0.211 e. The Labute approximate surface area is 147 Å². The van der Waals surface area contributed by atoms with Crippen molar-refractivity contribution >= 4 is 21.1 Å². The molecule has 1 aromatic carbocycles. The molecule has 6 nitrogen and oxygen atoms in total. The normalized spacial score (nSPS) is 17.2. The minimum absolute atomic E-state index is 0.274. The predicted molar refractivity (Wildman–Crippen MR) is 97.7 cm³/mol. The monoisotopic (exact) mass is 356 g/mol. The lowest BCUT2D eigenvalue weighted by atomic mass is 10.0. The Morgan fingerprint density at radius 3 is 2.44 bits per heavy atom. The Bertz CT molecular complexity index is 990. The number of benzene rings is 1. The van der Waals surface area contributed by atoms with E-state index in [4.69, 9.17) is 0 Å². The molecule has 3 aromatic rings. The molecule has 1 aliphatic rings. The molecular weight excluding hydrogens is 336 g/mol. The van der Waals surface area contributed by atoms with Gasteiger partial charge in [0.1, 0.15) is 0 Å². The lowest BCUT2D eigenvalue weighted by molar-refractivity contribution is 0.278. The summed E-state index contributed by atoms with van der Waals surface area (Å²) < 4.78 is 27.1. The molecule has 1 saturated heterocycles. The van der Waals surface area contributed by atoms with Crippen LogP contribution in [0.1, 0.15) is 18.9 Å². The van der Waals surface area contributed by atoms with Crippen LogP contribution in [-0.2, 0) is 10.0 Å². The molecule has 0 radical (unpaired) electrons. The van der Waals surface area contributed by atoms with Crippen molar-refractivity contribution in [2.75, 3.05) is 19.3 Å². The summed E-state index contributed by atoms with van der Waals surface area (Å²) in [7, 11) is -3.10. The second-order valence-corrected chi connectivity index (χ2v) is 8.47. The van der Waals surface area contributed by atoms with Gasteiger partial charge >= 0.3 is 0 Å². The van der Waals surface area contributed by atoms with Crippen molar-refractivity contribution in [3.63, 3.8) is 0 Å². The third-order valence-corrected chi connectivity index (χ3v) is 6.18. The van der Waals surface area contributed by atoms with Crippen LogP contribution < -0.4 is 0 Å². The Balaban J connectivity index is 1.65. The highest BCUT2D eigenvalue weighted by Gasteiger charge is 2.26. The molecule has 0 aliphatic carbocycles. The maximum atomic E-state index is 11.7. The fraction of sp³-hybridized carbons (Fsp3) is 0.333. The number of aromatic nitrogens is 3. The first-order chi connectivity index (χ1) is 12.0. The number of rotatable bonds is 3. The zero-order valence-corrected chi connectivity index (χ0v) is 14.9. The van der Waals surface area contributed by atoms with Gasteiger partial charge in [-0.2, -0.15) is 0 Å². The Kier molecular flexibility index (Phi) is 4.05. The van der Waals surface area contributed by atoms with Gasteiger partial charge in [-0.1, -0.05) is 6.07 Å². The standard InChI is InChI=1S/C18H20N4O2S/c1-25(23,24)21-10-6-16(7-11-21)22-13-20-17-3-2-15(12-18(17)22)14-4-8-19-9-5-14/h2-5,8-9,12-13,16H,6-7,10-11H2,1H3. The summed E-state index contributed by atoms with van der Waals surface area (Å²) in [5.74, 6) is 0. The first-order valence-corrected chi connectivity index (χ1v) is 10.2. The molecule has 0 amide bonds. The number of hydrogen-bond donors (Lipinski definition) is 0. The summed E-state index contributed by atoms with van der Waals surface area (Å²) >= 11 is 0. The van der Waals surface area contributed by atoms with Crippen LogP contribution in [0.15, 0.2) is 49.1 Å². The number of hydrogen-bond acceptors (Lipinski definition) is 4. The molecule has 130 valence electrons. The number of imidazole rings is 1. The molecule has 3 heterocycles. The van der Waals surface area contributed by atoms with E-state index in [1.807, 2.05) is 24.5 Å². The minimum Gasteiger partial charge on any atom is -0.327 e. The van der Waals surface area contributed by atoms with Crippen molar-refractivity contribution in [1.82, 2.24) is 18.8 Å². The van der Waals surface area contributed by atoms with Gasteiger partial charge in [-0.15, -0.1) is 0 Å². The van der Waals surface area contributed by atoms with Gasteiger partial charge in [0.15, 0.2) is 0 Å². The quantitative estimate of drug-likeness (QED) is 0.724. The summed E-state index contributed by atoms with van der Waals surface area (Å²) in [6, 6.07) is 10.5. The third kappa shape index (κ3) is 3.17. The van der Waals surface area contributed by atoms with Crippen molar-refractivity contribution in [3.05, 3.63) is 49.1 Å². The Hall–Kier alpha value is -2.25. The number of fused-ring (bicyclic) bond motifs is 1. The van der Waals surface area contributed by atoms with Gasteiger partial charge in [-0.05, 0) is 48.2 Å². The smallest absolute Gasteiger partial charge is 0.211 e. The molecule has 1 aliphatic heterocycles. The van der Waals surface area contributed by atoms with Crippen LogP contribution in [0.3, 0.4) is 0 Å². The largest absolute Gasteiger partial charge is 0.327 e. The van der Waals surface area contributed by atoms with Crippen LogP contribution >= 0.6 is 0 Å². The summed E-state index contributed by atoms with van der Waals surface area (Å²) in [4.78, 5) is 8.58. The Morgan fingerprint density at radius 2 is 1.76 bits per heavy atom. The molecule has 25 heavy (non-hydrogen) atoms. The minimum atomic E-state index is -3.10. The van der Waals surface area contributed by atoms with E-state index in [1.165, 1.54) is 6.26 Å². The van der Waals surface area contributed by atoms with Gasteiger partial charge in [-0.3, -0.25) is 4.98 Å². The van der Waals surface area contributed by atoms with E-state index in [1.54, 1.807) is 16.7 Å². The van der Waals surface area contributed by atoms with Crippen LogP contribution in [-0.4, -0.2) is 46.6 Å². The lowest BCUT2D eigenvalue weighted by Gasteiger charge is -2.31. The first-order valence-electron chi connectivity index (χ1n) is 8.34. The molecule has 0 bridgehead atoms. The predicted octanol–water partition coefficient (Wildman–Crippen LogP) is 2.69. The van der Waals surface area contributed by atoms with Gasteiger partial charge in [0.25, 0.3) is 0 Å². The molecule has 0 saturated carbocycles. The summed E-state index contributed by atoms with van der Waals surface area (Å²) in [6.07, 6.45) is 8.34. The van der Waals surface area contributed by atoms with Crippen LogP contribution in [0.2, 0.25) is 0 Å². The lowest BCUT2D eigenvalue weighted by Crippen LogP contribution is -2.38. The molecular formula is C18H20N4O2S. The van der Waals surface area contributed by atoms with Crippen molar-refractivity contribution < 1.29 is 8.42 Å². The van der Waals surface area contributed by atoms with E-state index in [9.17, 15) is 8.42 Å². The van der Waals surface area contributed by atoms with Crippen LogP contribution in [0, 0.1) is 0 Å². The SMILES string of the molecule is CS(=O)(=O)N1CCC(n2cnc3ccc(-c4ccncc4)cc32)CC1. The third-order valence-electron chi connectivity index (χ3n) is 4.87. The zero-order chi connectivity index (χ0) is 17.4. The number of nitrogens with zero attached hydrogens (tertiary/aromatic N) is 4. The average molecular weight is 356 g/mol. The van der Waals surface area contributed by atoms with Gasteiger partial charge in [0.2, 0.25) is 10.0 Å². The highest BCUT2D eigenvalue weighted by molar-refractivity contribution is 7.88. The number of piperidine rings is 1. The van der Waals surface area contributed by atoms with Gasteiger partial charge < -0.3 is 4.57 Å². The first kappa shape index (κ1) is 16.2. The van der Waals surface area contributed by atoms with Crippen molar-refractivity contribution in [1.29, 1.82) is 0 Å². The van der Waals surface area contributed by atoms with Crippen molar-refractivity contribution in [2.45, 2.75) is 18.9 Å². The molecule has 7 heteroatoms. The molecule has 0 unspecified atom stereocenters. The summed E-state index contributed by atoms with van der Waals surface area (Å²) in [5, 5.41) is 0. The van der Waals surface area contributed by atoms with Crippen molar-refractivity contribution in [3.8, 4) is 11.1 Å². The highest BCUT2D eigenvalue weighted by Crippen LogP contribution is 2.30. The molecule has 0 N–H and O–H groups in total. The second kappa shape index (κ2) is 6.24. The average Bonchev–Trinajstić information content (AvgIpc) is 3.05.